The molecule has 0 unspecified atom stereocenters. The first-order valence-corrected chi connectivity index (χ1v) is 7.32. The third kappa shape index (κ3) is 3.46. The molecule has 0 radical (unpaired) electrons. The number of carboxylic acid groups (broad SMARTS) is 1. The highest BCUT2D eigenvalue weighted by atomic mass is 32.1. The molecule has 1 amide bonds. The third-order valence-electron chi connectivity index (χ3n) is 2.90. The zero-order chi connectivity index (χ0) is 15.6. The second kappa shape index (κ2) is 6.05. The topological polar surface area (TPSA) is 79.3 Å². The Kier molecular flexibility index (Phi) is 4.37. The van der Waals surface area contributed by atoms with Gasteiger partial charge in [-0.1, -0.05) is 55.0 Å². The second-order valence-electron chi connectivity index (χ2n) is 5.01. The molecule has 0 saturated heterocycles. The molecule has 0 aliphatic carbocycles. The summed E-state index contributed by atoms with van der Waals surface area (Å²) in [7, 11) is 0. The van der Waals surface area contributed by atoms with Crippen molar-refractivity contribution in [1.29, 1.82) is 0 Å². The lowest BCUT2D eigenvalue weighted by Crippen LogP contribution is -2.17. The fraction of sp³-hybridized carbons (Fsp3) is 0.267. The minimum absolute atomic E-state index is 0.123. The van der Waals surface area contributed by atoms with Crippen molar-refractivity contribution in [3.05, 3.63) is 34.7 Å². The molecule has 21 heavy (non-hydrogen) atoms. The van der Waals surface area contributed by atoms with E-state index in [4.69, 9.17) is 0 Å². The standard InChI is InChI=1S/C15H16N2O3S/c1-8(2)13(18)17-15-16-11(12(21-15)14(19)20)10-6-4-9(3)5-7-10/h4-8H,1-3H3,(H,19,20)(H,16,17,18). The van der Waals surface area contributed by atoms with Crippen LogP contribution in [0, 0.1) is 12.8 Å². The van der Waals surface area contributed by atoms with E-state index in [0.717, 1.165) is 22.5 Å². The molecule has 1 heterocycles. The van der Waals surface area contributed by atoms with Crippen LogP contribution < -0.4 is 5.32 Å². The summed E-state index contributed by atoms with van der Waals surface area (Å²) in [6.45, 7) is 5.49. The van der Waals surface area contributed by atoms with E-state index in [1.807, 2.05) is 31.2 Å². The summed E-state index contributed by atoms with van der Waals surface area (Å²) >= 11 is 0.970. The van der Waals surface area contributed by atoms with E-state index in [-0.39, 0.29) is 16.7 Å². The van der Waals surface area contributed by atoms with Crippen LogP contribution in [0.5, 0.6) is 0 Å². The van der Waals surface area contributed by atoms with Crippen LogP contribution in [0.25, 0.3) is 11.3 Å². The number of nitrogens with one attached hydrogen (secondary N) is 1. The first-order chi connectivity index (χ1) is 9.88. The zero-order valence-electron chi connectivity index (χ0n) is 12.0. The molecule has 1 aromatic carbocycles. The Hall–Kier alpha value is -2.21. The van der Waals surface area contributed by atoms with Gasteiger partial charge < -0.3 is 10.4 Å². The van der Waals surface area contributed by atoms with Gasteiger partial charge in [-0.25, -0.2) is 9.78 Å². The van der Waals surface area contributed by atoms with Gasteiger partial charge in [0.05, 0.1) is 5.69 Å². The zero-order valence-corrected chi connectivity index (χ0v) is 12.8. The summed E-state index contributed by atoms with van der Waals surface area (Å²) in [5.74, 6) is -1.42. The Balaban J connectivity index is 2.40. The van der Waals surface area contributed by atoms with Crippen LogP contribution in [0.4, 0.5) is 5.13 Å². The van der Waals surface area contributed by atoms with Gasteiger partial charge in [-0.15, -0.1) is 0 Å². The number of aromatic carboxylic acids is 1. The summed E-state index contributed by atoms with van der Waals surface area (Å²) in [5.41, 5.74) is 2.19. The van der Waals surface area contributed by atoms with Gasteiger partial charge in [0.15, 0.2) is 5.13 Å². The normalized spacial score (nSPS) is 10.7. The van der Waals surface area contributed by atoms with Gasteiger partial charge in [0.25, 0.3) is 0 Å². The lowest BCUT2D eigenvalue weighted by molar-refractivity contribution is -0.118. The van der Waals surface area contributed by atoms with E-state index in [0.29, 0.717) is 10.8 Å². The first kappa shape index (κ1) is 15.2. The number of nitrogens with zero attached hydrogens (tertiary/aromatic N) is 1. The number of hydrogen-bond donors (Lipinski definition) is 2. The number of thiazole rings is 1. The Labute approximate surface area is 126 Å². The number of carbonyl (C=O) groups excluding carboxylic acids is 1. The van der Waals surface area contributed by atoms with Crippen LogP contribution in [-0.2, 0) is 4.79 Å². The summed E-state index contributed by atoms with van der Waals surface area (Å²) in [6, 6.07) is 7.44. The molecule has 2 aromatic rings. The third-order valence-corrected chi connectivity index (χ3v) is 3.86. The molecule has 110 valence electrons. The molecule has 0 atom stereocenters. The van der Waals surface area contributed by atoms with Crippen LogP contribution >= 0.6 is 11.3 Å². The van der Waals surface area contributed by atoms with Gasteiger partial charge in [0.1, 0.15) is 4.88 Å². The van der Waals surface area contributed by atoms with Crippen LogP contribution in [0.2, 0.25) is 0 Å². The molecule has 1 aromatic heterocycles. The van der Waals surface area contributed by atoms with E-state index in [1.54, 1.807) is 13.8 Å². The smallest absolute Gasteiger partial charge is 0.348 e. The van der Waals surface area contributed by atoms with Gasteiger partial charge in [-0.05, 0) is 6.92 Å². The average Bonchev–Trinajstić information content (AvgIpc) is 2.83. The molecule has 0 fully saturated rings. The van der Waals surface area contributed by atoms with Crippen molar-refractivity contribution in [1.82, 2.24) is 4.98 Å². The lowest BCUT2D eigenvalue weighted by Gasteiger charge is -2.03. The fourth-order valence-electron chi connectivity index (χ4n) is 1.68. The van der Waals surface area contributed by atoms with Crippen molar-refractivity contribution >= 4 is 28.3 Å². The van der Waals surface area contributed by atoms with Crippen molar-refractivity contribution in [3.63, 3.8) is 0 Å². The largest absolute Gasteiger partial charge is 0.477 e. The Morgan fingerprint density at radius 2 is 1.86 bits per heavy atom. The van der Waals surface area contributed by atoms with Crippen molar-refractivity contribution in [2.45, 2.75) is 20.8 Å². The maximum atomic E-state index is 11.7. The number of aryl methyl sites for hydroxylation is 1. The minimum atomic E-state index is -1.05. The molecule has 5 nitrogen and oxygen atoms in total. The molecule has 0 aliphatic rings. The predicted molar refractivity (Wildman–Crippen MR) is 82.7 cm³/mol. The molecular weight excluding hydrogens is 288 g/mol. The highest BCUT2D eigenvalue weighted by molar-refractivity contribution is 7.18. The van der Waals surface area contributed by atoms with Gasteiger partial charge in [0, 0.05) is 11.5 Å². The second-order valence-corrected chi connectivity index (χ2v) is 6.01. The van der Waals surface area contributed by atoms with E-state index in [9.17, 15) is 14.7 Å². The Bertz CT molecular complexity index is 675. The summed E-state index contributed by atoms with van der Waals surface area (Å²) in [6.07, 6.45) is 0. The van der Waals surface area contributed by atoms with E-state index >= 15 is 0 Å². The monoisotopic (exact) mass is 304 g/mol. The van der Waals surface area contributed by atoms with Crippen LogP contribution in [0.3, 0.4) is 0 Å². The van der Waals surface area contributed by atoms with Crippen molar-refractivity contribution in [2.75, 3.05) is 5.32 Å². The molecule has 0 aliphatic heterocycles. The van der Waals surface area contributed by atoms with Crippen molar-refractivity contribution < 1.29 is 14.7 Å². The molecule has 2 rings (SSSR count). The highest BCUT2D eigenvalue weighted by Crippen LogP contribution is 2.31. The SMILES string of the molecule is Cc1ccc(-c2nc(NC(=O)C(C)C)sc2C(=O)O)cc1. The van der Waals surface area contributed by atoms with E-state index in [1.165, 1.54) is 0 Å². The quantitative estimate of drug-likeness (QED) is 0.907. The molecular formula is C15H16N2O3S. The van der Waals surface area contributed by atoms with Gasteiger partial charge in [-0.2, -0.15) is 0 Å². The van der Waals surface area contributed by atoms with Gasteiger partial charge in [-0.3, -0.25) is 4.79 Å². The summed E-state index contributed by atoms with van der Waals surface area (Å²) < 4.78 is 0. The molecule has 2 N–H and O–H groups in total. The average molecular weight is 304 g/mol. The number of amides is 1. The maximum absolute atomic E-state index is 11.7. The molecule has 0 spiro atoms. The summed E-state index contributed by atoms with van der Waals surface area (Å²) in [4.78, 5) is 27.4. The number of hydrogen-bond acceptors (Lipinski definition) is 4. The first-order valence-electron chi connectivity index (χ1n) is 6.50. The Morgan fingerprint density at radius 3 is 2.38 bits per heavy atom. The highest BCUT2D eigenvalue weighted by Gasteiger charge is 2.20. The number of carboxylic acids is 1. The fourth-order valence-corrected chi connectivity index (χ4v) is 2.50. The molecule has 6 heteroatoms. The summed E-state index contributed by atoms with van der Waals surface area (Å²) in [5, 5.41) is 12.2. The van der Waals surface area contributed by atoms with Crippen molar-refractivity contribution in [2.24, 2.45) is 5.92 Å². The minimum Gasteiger partial charge on any atom is -0.477 e. The van der Waals surface area contributed by atoms with Crippen molar-refractivity contribution in [3.8, 4) is 11.3 Å². The molecule has 0 saturated carbocycles. The van der Waals surface area contributed by atoms with Crippen LogP contribution in [0.1, 0.15) is 29.1 Å². The number of anilines is 1. The number of aromatic nitrogens is 1. The predicted octanol–water partition coefficient (Wildman–Crippen LogP) is 3.41. The number of rotatable bonds is 4. The van der Waals surface area contributed by atoms with Crippen LogP contribution in [0.15, 0.2) is 24.3 Å². The number of carbonyl (C=O) groups is 2. The van der Waals surface area contributed by atoms with Gasteiger partial charge in [0.2, 0.25) is 5.91 Å². The molecule has 0 bridgehead atoms. The van der Waals surface area contributed by atoms with Crippen LogP contribution in [-0.4, -0.2) is 22.0 Å². The number of benzene rings is 1. The Morgan fingerprint density at radius 1 is 1.24 bits per heavy atom. The van der Waals surface area contributed by atoms with E-state index < -0.39 is 5.97 Å². The maximum Gasteiger partial charge on any atom is 0.348 e. The van der Waals surface area contributed by atoms with Gasteiger partial charge >= 0.3 is 5.97 Å². The lowest BCUT2D eigenvalue weighted by atomic mass is 10.1. The van der Waals surface area contributed by atoms with E-state index in [2.05, 4.69) is 10.3 Å².